The number of halogens is 1. The first-order valence-corrected chi connectivity index (χ1v) is 8.63. The minimum absolute atomic E-state index is 0.0606. The molecule has 1 aromatic heterocycles. The molecule has 1 aromatic carbocycles. The van der Waals surface area contributed by atoms with E-state index in [1.165, 1.54) is 23.5 Å². The summed E-state index contributed by atoms with van der Waals surface area (Å²) in [6.07, 6.45) is -0.259. The van der Waals surface area contributed by atoms with E-state index in [0.717, 1.165) is 4.90 Å². The zero-order valence-electron chi connectivity index (χ0n) is 13.5. The molecule has 25 heavy (non-hydrogen) atoms. The van der Waals surface area contributed by atoms with Crippen molar-refractivity contribution in [3.05, 3.63) is 40.8 Å². The molecule has 132 valence electrons. The molecule has 6 nitrogen and oxygen atoms in total. The van der Waals surface area contributed by atoms with Crippen molar-refractivity contribution in [2.75, 3.05) is 6.54 Å². The number of aryl methyl sites for hydroxylation is 1. The second-order valence-corrected chi connectivity index (χ2v) is 7.17. The van der Waals surface area contributed by atoms with Gasteiger partial charge in [-0.15, -0.1) is 11.3 Å². The lowest BCUT2D eigenvalue weighted by atomic mass is 9.99. The number of thiazole rings is 1. The smallest absolute Gasteiger partial charge is 0.326 e. The largest absolute Gasteiger partial charge is 0.480 e. The van der Waals surface area contributed by atoms with E-state index in [1.54, 1.807) is 19.1 Å². The molecule has 0 bridgehead atoms. The predicted molar refractivity (Wildman–Crippen MR) is 89.9 cm³/mol. The highest BCUT2D eigenvalue weighted by Gasteiger charge is 2.37. The molecule has 2 N–H and O–H groups in total. The molecular formula is C17H17FN2O4S. The maximum Gasteiger partial charge on any atom is 0.326 e. The van der Waals surface area contributed by atoms with Crippen molar-refractivity contribution in [3.8, 4) is 10.4 Å². The van der Waals surface area contributed by atoms with E-state index in [4.69, 9.17) is 0 Å². The van der Waals surface area contributed by atoms with Crippen LogP contribution in [0.2, 0.25) is 0 Å². The normalized spacial score (nSPS) is 20.5. The molecule has 1 fully saturated rings. The van der Waals surface area contributed by atoms with Crippen LogP contribution < -0.4 is 0 Å². The molecule has 0 spiro atoms. The lowest BCUT2D eigenvalue weighted by Gasteiger charge is -2.35. The molecule has 1 aliphatic heterocycles. The third-order valence-corrected chi connectivity index (χ3v) is 5.15. The highest BCUT2D eigenvalue weighted by Crippen LogP contribution is 2.32. The van der Waals surface area contributed by atoms with Gasteiger partial charge in [0.15, 0.2) is 0 Å². The number of carbonyl (C=O) groups is 2. The number of rotatable bonds is 3. The summed E-state index contributed by atoms with van der Waals surface area (Å²) in [5, 5.41) is 19.8. The third-order valence-electron chi connectivity index (χ3n) is 4.13. The lowest BCUT2D eigenvalue weighted by molar-refractivity contribution is -0.144. The summed E-state index contributed by atoms with van der Waals surface area (Å²) in [6, 6.07) is 4.83. The zero-order chi connectivity index (χ0) is 18.1. The van der Waals surface area contributed by atoms with Crippen molar-refractivity contribution in [1.82, 2.24) is 9.88 Å². The summed E-state index contributed by atoms with van der Waals surface area (Å²) in [5.74, 6) is -2.10. The molecule has 1 saturated heterocycles. The Balaban J connectivity index is 2.01. The van der Waals surface area contributed by atoms with Crippen LogP contribution in [0.15, 0.2) is 24.3 Å². The molecule has 2 heterocycles. The van der Waals surface area contributed by atoms with Crippen molar-refractivity contribution < 1.29 is 24.2 Å². The number of aliphatic hydroxyl groups excluding tert-OH is 1. The fourth-order valence-corrected chi connectivity index (χ4v) is 3.87. The van der Waals surface area contributed by atoms with Crippen LogP contribution in [0.25, 0.3) is 10.4 Å². The van der Waals surface area contributed by atoms with Gasteiger partial charge in [0.25, 0.3) is 5.91 Å². The third kappa shape index (κ3) is 3.54. The van der Waals surface area contributed by atoms with Crippen molar-refractivity contribution in [1.29, 1.82) is 0 Å². The van der Waals surface area contributed by atoms with Crippen molar-refractivity contribution in [2.45, 2.75) is 31.9 Å². The number of likely N-dealkylation sites (tertiary alicyclic amines) is 1. The van der Waals surface area contributed by atoms with Crippen LogP contribution in [0.5, 0.6) is 0 Å². The molecular weight excluding hydrogens is 347 g/mol. The second-order valence-electron chi connectivity index (χ2n) is 5.96. The van der Waals surface area contributed by atoms with Crippen LogP contribution >= 0.6 is 11.3 Å². The first kappa shape index (κ1) is 17.5. The van der Waals surface area contributed by atoms with Gasteiger partial charge >= 0.3 is 5.97 Å². The van der Waals surface area contributed by atoms with E-state index >= 15 is 0 Å². The molecule has 0 aliphatic carbocycles. The van der Waals surface area contributed by atoms with Crippen molar-refractivity contribution >= 4 is 23.2 Å². The fourth-order valence-electron chi connectivity index (χ4n) is 2.97. The van der Waals surface area contributed by atoms with Gasteiger partial charge in [0, 0.05) is 6.54 Å². The summed E-state index contributed by atoms with van der Waals surface area (Å²) >= 11 is 1.24. The average molecular weight is 364 g/mol. The number of nitrogens with zero attached hydrogens (tertiary/aromatic N) is 2. The molecule has 0 radical (unpaired) electrons. The maximum absolute atomic E-state index is 13.5. The Labute approximate surface area is 147 Å². The van der Waals surface area contributed by atoms with Gasteiger partial charge < -0.3 is 15.1 Å². The summed E-state index contributed by atoms with van der Waals surface area (Å²) in [5.41, 5.74) is 0.604. The number of hydrogen-bond acceptors (Lipinski definition) is 5. The average Bonchev–Trinajstić information content (AvgIpc) is 2.95. The summed E-state index contributed by atoms with van der Waals surface area (Å²) in [4.78, 5) is 30.3. The van der Waals surface area contributed by atoms with Gasteiger partial charge in [0.05, 0.1) is 16.0 Å². The fraction of sp³-hybridized carbons (Fsp3) is 0.353. The molecule has 3 rings (SSSR count). The highest BCUT2D eigenvalue weighted by molar-refractivity contribution is 7.15. The maximum atomic E-state index is 13.5. The molecule has 2 atom stereocenters. The number of amides is 1. The Morgan fingerprint density at radius 2 is 2.12 bits per heavy atom. The minimum Gasteiger partial charge on any atom is -0.480 e. The molecule has 1 amide bonds. The number of piperidine rings is 1. The first-order valence-electron chi connectivity index (χ1n) is 7.82. The van der Waals surface area contributed by atoms with Crippen molar-refractivity contribution in [2.24, 2.45) is 0 Å². The van der Waals surface area contributed by atoms with E-state index in [0.29, 0.717) is 21.9 Å². The Bertz CT molecular complexity index is 823. The van der Waals surface area contributed by atoms with E-state index in [-0.39, 0.29) is 18.7 Å². The van der Waals surface area contributed by atoms with Gasteiger partial charge in [0.2, 0.25) is 0 Å². The number of benzene rings is 1. The second kappa shape index (κ2) is 6.89. The molecule has 2 unspecified atom stereocenters. The minimum atomic E-state index is -1.11. The van der Waals surface area contributed by atoms with Gasteiger partial charge in [-0.3, -0.25) is 4.79 Å². The molecule has 8 heteroatoms. The predicted octanol–water partition coefficient (Wildman–Crippen LogP) is 2.31. The van der Waals surface area contributed by atoms with Crippen LogP contribution in [0.1, 0.15) is 28.3 Å². The van der Waals surface area contributed by atoms with Gasteiger partial charge in [-0.05, 0) is 37.5 Å². The monoisotopic (exact) mass is 364 g/mol. The van der Waals surface area contributed by atoms with E-state index in [9.17, 15) is 24.2 Å². The van der Waals surface area contributed by atoms with Crippen LogP contribution in [0, 0.1) is 12.7 Å². The first-order chi connectivity index (χ1) is 11.9. The van der Waals surface area contributed by atoms with E-state index in [2.05, 4.69) is 4.98 Å². The topological polar surface area (TPSA) is 90.7 Å². The van der Waals surface area contributed by atoms with Crippen LogP contribution in [-0.2, 0) is 4.79 Å². The van der Waals surface area contributed by atoms with Gasteiger partial charge in [0.1, 0.15) is 17.6 Å². The van der Waals surface area contributed by atoms with E-state index < -0.39 is 29.8 Å². The SMILES string of the molecule is Cc1nc(C(=O)N2CC(O)CCC2C(=O)O)c(-c2cccc(F)c2)s1. The molecule has 2 aromatic rings. The standard InChI is InChI=1S/C17H17FN2O4S/c1-9-19-14(15(25-9)10-3-2-4-11(18)7-10)16(22)20-8-12(21)5-6-13(20)17(23)24/h2-4,7,12-13,21H,5-6,8H2,1H3,(H,23,24). The highest BCUT2D eigenvalue weighted by atomic mass is 32.1. The molecule has 0 saturated carbocycles. The number of carboxylic acid groups (broad SMARTS) is 1. The van der Waals surface area contributed by atoms with Gasteiger partial charge in [-0.1, -0.05) is 12.1 Å². The Hall–Kier alpha value is -2.32. The Morgan fingerprint density at radius 1 is 1.36 bits per heavy atom. The van der Waals surface area contributed by atoms with Gasteiger partial charge in [-0.2, -0.15) is 0 Å². The van der Waals surface area contributed by atoms with Gasteiger partial charge in [-0.25, -0.2) is 14.2 Å². The number of β-amino-alcohol motifs (C(OH)–C–C–N with tert-alkyl or cyclic N) is 1. The van der Waals surface area contributed by atoms with Crippen LogP contribution in [0.3, 0.4) is 0 Å². The van der Waals surface area contributed by atoms with Crippen LogP contribution in [0.4, 0.5) is 4.39 Å². The summed E-state index contributed by atoms with van der Waals surface area (Å²) in [6.45, 7) is 1.67. The Morgan fingerprint density at radius 3 is 2.80 bits per heavy atom. The number of aliphatic carboxylic acids is 1. The summed E-state index contributed by atoms with van der Waals surface area (Å²) in [7, 11) is 0. The Kier molecular flexibility index (Phi) is 4.82. The van der Waals surface area contributed by atoms with Crippen LogP contribution in [-0.4, -0.2) is 50.7 Å². The summed E-state index contributed by atoms with van der Waals surface area (Å²) < 4.78 is 13.5. The quantitative estimate of drug-likeness (QED) is 0.872. The number of carboxylic acids is 1. The number of aliphatic hydroxyl groups is 1. The number of hydrogen-bond donors (Lipinski definition) is 2. The number of aromatic nitrogens is 1. The number of carbonyl (C=O) groups excluding carboxylic acids is 1. The zero-order valence-corrected chi connectivity index (χ0v) is 14.3. The molecule has 1 aliphatic rings. The lowest BCUT2D eigenvalue weighted by Crippen LogP contribution is -2.52. The van der Waals surface area contributed by atoms with E-state index in [1.807, 2.05) is 0 Å². The van der Waals surface area contributed by atoms with Crippen molar-refractivity contribution in [3.63, 3.8) is 0 Å².